The highest BCUT2D eigenvalue weighted by Gasteiger charge is 2.43. The third-order valence-corrected chi connectivity index (χ3v) is 5.18. The first-order valence-corrected chi connectivity index (χ1v) is 8.70. The van der Waals surface area contributed by atoms with Gasteiger partial charge in [-0.1, -0.05) is 23.2 Å². The SMILES string of the molecule is Cc1cc(C(=O)CN2C(=O)C(=O)N(C)C2=O)c(C)n1-c1ccc(Cl)c(Cl)c1. The number of nitrogens with zero attached hydrogens (tertiary/aromatic N) is 3. The molecule has 1 saturated heterocycles. The summed E-state index contributed by atoms with van der Waals surface area (Å²) in [5.74, 6) is -2.40. The normalized spacial score (nSPS) is 14.5. The Morgan fingerprint density at radius 3 is 2.22 bits per heavy atom. The Morgan fingerprint density at radius 2 is 1.67 bits per heavy atom. The highest BCUT2D eigenvalue weighted by molar-refractivity contribution is 6.45. The number of carbonyl (C=O) groups is 4. The molecular weight excluding hydrogens is 393 g/mol. The van der Waals surface area contributed by atoms with Gasteiger partial charge >= 0.3 is 17.8 Å². The van der Waals surface area contributed by atoms with E-state index in [1.165, 1.54) is 7.05 Å². The standard InChI is InChI=1S/C18H15Cl2N3O4/c1-9-6-12(10(2)23(9)11-4-5-13(19)14(20)7-11)15(24)8-22-17(26)16(25)21(3)18(22)27/h4-7H,8H2,1-3H3. The third-order valence-electron chi connectivity index (χ3n) is 4.45. The zero-order valence-corrected chi connectivity index (χ0v) is 16.3. The van der Waals surface area contributed by atoms with E-state index < -0.39 is 30.2 Å². The maximum atomic E-state index is 12.7. The first-order valence-electron chi connectivity index (χ1n) is 7.94. The lowest BCUT2D eigenvalue weighted by Crippen LogP contribution is -2.36. The van der Waals surface area contributed by atoms with Crippen molar-refractivity contribution in [2.24, 2.45) is 0 Å². The molecule has 3 rings (SSSR count). The minimum absolute atomic E-state index is 0.348. The molecule has 7 nitrogen and oxygen atoms in total. The molecule has 1 aliphatic rings. The summed E-state index contributed by atoms with van der Waals surface area (Å²) in [4.78, 5) is 49.5. The minimum atomic E-state index is -1.01. The topological polar surface area (TPSA) is 79.7 Å². The first-order chi connectivity index (χ1) is 12.6. The maximum absolute atomic E-state index is 12.7. The average Bonchev–Trinajstić information content (AvgIpc) is 3.01. The van der Waals surface area contributed by atoms with Gasteiger partial charge in [-0.3, -0.25) is 19.3 Å². The lowest BCUT2D eigenvalue weighted by atomic mass is 10.1. The van der Waals surface area contributed by atoms with Crippen molar-refractivity contribution >= 4 is 46.8 Å². The Bertz CT molecular complexity index is 1010. The second-order valence-electron chi connectivity index (χ2n) is 6.18. The number of hydrogen-bond acceptors (Lipinski definition) is 4. The van der Waals surface area contributed by atoms with Crippen LogP contribution in [0.2, 0.25) is 10.0 Å². The van der Waals surface area contributed by atoms with Crippen molar-refractivity contribution in [3.8, 4) is 5.69 Å². The number of aryl methyl sites for hydroxylation is 1. The van der Waals surface area contributed by atoms with Gasteiger partial charge in [0.1, 0.15) is 0 Å². The number of aromatic nitrogens is 1. The molecule has 9 heteroatoms. The number of carbonyl (C=O) groups excluding carboxylic acids is 4. The summed E-state index contributed by atoms with van der Waals surface area (Å²) < 4.78 is 1.82. The van der Waals surface area contributed by atoms with E-state index in [4.69, 9.17) is 23.2 Å². The molecule has 0 atom stereocenters. The third kappa shape index (κ3) is 3.13. The Morgan fingerprint density at radius 1 is 1.00 bits per heavy atom. The van der Waals surface area contributed by atoms with E-state index in [0.29, 0.717) is 31.1 Å². The van der Waals surface area contributed by atoms with Gasteiger partial charge in [0.25, 0.3) is 0 Å². The number of halogens is 2. The van der Waals surface area contributed by atoms with Crippen LogP contribution in [0.5, 0.6) is 0 Å². The molecule has 1 aromatic carbocycles. The number of ketones is 1. The molecule has 0 spiro atoms. The summed E-state index contributed by atoms with van der Waals surface area (Å²) in [7, 11) is 1.20. The Labute approximate surface area is 165 Å². The second-order valence-corrected chi connectivity index (χ2v) is 6.99. The van der Waals surface area contributed by atoms with Gasteiger partial charge in [-0.15, -0.1) is 0 Å². The van der Waals surface area contributed by atoms with Gasteiger partial charge in [-0.2, -0.15) is 0 Å². The van der Waals surface area contributed by atoms with Gasteiger partial charge in [0.05, 0.1) is 16.6 Å². The molecule has 1 aromatic heterocycles. The summed E-state index contributed by atoms with van der Waals surface area (Å²) in [5.41, 5.74) is 2.46. The van der Waals surface area contributed by atoms with Crippen molar-refractivity contribution in [2.75, 3.05) is 13.6 Å². The highest BCUT2D eigenvalue weighted by Crippen LogP contribution is 2.28. The van der Waals surface area contributed by atoms with Crippen LogP contribution in [0.3, 0.4) is 0 Å². The molecule has 0 unspecified atom stereocenters. The summed E-state index contributed by atoms with van der Waals surface area (Å²) in [5, 5.41) is 0.795. The quantitative estimate of drug-likeness (QED) is 0.443. The van der Waals surface area contributed by atoms with E-state index in [1.54, 1.807) is 31.2 Å². The average molecular weight is 408 g/mol. The van der Waals surface area contributed by atoms with Crippen molar-refractivity contribution in [2.45, 2.75) is 13.8 Å². The van der Waals surface area contributed by atoms with Crippen molar-refractivity contribution in [1.29, 1.82) is 0 Å². The molecule has 2 heterocycles. The number of hydrogen-bond donors (Lipinski definition) is 0. The summed E-state index contributed by atoms with van der Waals surface area (Å²) in [6.45, 7) is 3.06. The van der Waals surface area contributed by atoms with E-state index in [0.717, 1.165) is 11.4 Å². The predicted octanol–water partition coefficient (Wildman–Crippen LogP) is 3.00. The van der Waals surface area contributed by atoms with Crippen molar-refractivity contribution < 1.29 is 19.2 Å². The van der Waals surface area contributed by atoms with Crippen molar-refractivity contribution in [1.82, 2.24) is 14.4 Å². The number of rotatable bonds is 4. The summed E-state index contributed by atoms with van der Waals surface area (Å²) >= 11 is 12.0. The molecule has 0 bridgehead atoms. The molecule has 1 aliphatic heterocycles. The highest BCUT2D eigenvalue weighted by atomic mass is 35.5. The number of likely N-dealkylation sites (N-methyl/N-ethyl adjacent to an activating group) is 1. The second kappa shape index (κ2) is 6.83. The lowest BCUT2D eigenvalue weighted by molar-refractivity contribution is -0.142. The van der Waals surface area contributed by atoms with Crippen LogP contribution in [-0.2, 0) is 9.59 Å². The summed E-state index contributed by atoms with van der Waals surface area (Å²) in [6, 6.07) is 5.96. The molecule has 4 amide bonds. The fourth-order valence-corrected chi connectivity index (χ4v) is 3.34. The molecule has 27 heavy (non-hydrogen) atoms. The Hall–Kier alpha value is -2.64. The van der Waals surface area contributed by atoms with Gasteiger partial charge in [0.2, 0.25) is 0 Å². The van der Waals surface area contributed by atoms with Crippen LogP contribution < -0.4 is 0 Å². The van der Waals surface area contributed by atoms with Crippen LogP contribution >= 0.6 is 23.2 Å². The van der Waals surface area contributed by atoms with E-state index in [-0.39, 0.29) is 0 Å². The largest absolute Gasteiger partial charge is 0.334 e. The van der Waals surface area contributed by atoms with E-state index in [1.807, 2.05) is 11.5 Å². The molecule has 0 radical (unpaired) electrons. The predicted molar refractivity (Wildman–Crippen MR) is 99.5 cm³/mol. The monoisotopic (exact) mass is 407 g/mol. The zero-order valence-electron chi connectivity index (χ0n) is 14.7. The van der Waals surface area contributed by atoms with Gasteiger partial charge in [0, 0.05) is 29.7 Å². The van der Waals surface area contributed by atoms with Gasteiger partial charge in [0.15, 0.2) is 5.78 Å². The number of amides is 4. The van der Waals surface area contributed by atoms with Gasteiger partial charge in [-0.05, 0) is 38.1 Å². The van der Waals surface area contributed by atoms with Gasteiger partial charge in [-0.25, -0.2) is 9.69 Å². The molecular formula is C18H15Cl2N3O4. The Kier molecular flexibility index (Phi) is 4.84. The zero-order chi connectivity index (χ0) is 20.0. The lowest BCUT2D eigenvalue weighted by Gasteiger charge is -2.13. The molecule has 0 N–H and O–H groups in total. The fraction of sp³-hybridized carbons (Fsp3) is 0.222. The van der Waals surface area contributed by atoms with E-state index >= 15 is 0 Å². The van der Waals surface area contributed by atoms with Crippen LogP contribution in [0, 0.1) is 13.8 Å². The molecule has 0 saturated carbocycles. The smallest absolute Gasteiger partial charge is 0.318 e. The van der Waals surface area contributed by atoms with E-state index in [2.05, 4.69) is 0 Å². The molecule has 1 fully saturated rings. The fourth-order valence-electron chi connectivity index (χ4n) is 3.05. The number of imide groups is 2. The van der Waals surface area contributed by atoms with Crippen LogP contribution in [0.25, 0.3) is 5.69 Å². The summed E-state index contributed by atoms with van der Waals surface area (Å²) in [6.07, 6.45) is 0. The van der Waals surface area contributed by atoms with E-state index in [9.17, 15) is 19.2 Å². The first kappa shape index (κ1) is 19.1. The number of Topliss-reactive ketones (excluding diaryl/α,β-unsaturated/α-hetero) is 1. The van der Waals surface area contributed by atoms with Crippen molar-refractivity contribution in [3.63, 3.8) is 0 Å². The number of benzene rings is 1. The van der Waals surface area contributed by atoms with Crippen LogP contribution in [0.1, 0.15) is 21.7 Å². The van der Waals surface area contributed by atoms with Crippen LogP contribution in [0.15, 0.2) is 24.3 Å². The van der Waals surface area contributed by atoms with Crippen molar-refractivity contribution in [3.05, 3.63) is 51.3 Å². The maximum Gasteiger partial charge on any atom is 0.334 e. The number of urea groups is 1. The molecule has 0 aliphatic carbocycles. The molecule has 140 valence electrons. The Balaban J connectivity index is 1.93. The van der Waals surface area contributed by atoms with Crippen LogP contribution in [0.4, 0.5) is 4.79 Å². The molecule has 2 aromatic rings. The van der Waals surface area contributed by atoms with Crippen LogP contribution in [-0.4, -0.2) is 51.6 Å². The minimum Gasteiger partial charge on any atom is -0.318 e. The van der Waals surface area contributed by atoms with Gasteiger partial charge < -0.3 is 4.57 Å².